The van der Waals surface area contributed by atoms with Crippen LogP contribution in [0.2, 0.25) is 10.0 Å². The number of benzene rings is 2. The minimum Gasteiger partial charge on any atom is -0.481 e. The maximum atomic E-state index is 11.3. The van der Waals surface area contributed by atoms with Crippen LogP contribution in [-0.4, -0.2) is 16.1 Å². The van der Waals surface area contributed by atoms with E-state index in [2.05, 4.69) is 24.1 Å². The predicted molar refractivity (Wildman–Crippen MR) is 113 cm³/mol. The summed E-state index contributed by atoms with van der Waals surface area (Å²) >= 11 is 13.4. The number of carboxylic acids is 1. The van der Waals surface area contributed by atoms with Crippen molar-refractivity contribution in [2.75, 3.05) is 5.32 Å². The zero-order valence-electron chi connectivity index (χ0n) is 14.8. The Kier molecular flexibility index (Phi) is 6.05. The molecule has 0 saturated carbocycles. The molecule has 0 aliphatic heterocycles. The summed E-state index contributed by atoms with van der Waals surface area (Å²) in [5.41, 5.74) is 3.49. The van der Waals surface area contributed by atoms with Crippen LogP contribution < -0.4 is 5.32 Å². The van der Waals surface area contributed by atoms with Crippen molar-refractivity contribution >= 4 is 51.3 Å². The smallest absolute Gasteiger partial charge is 0.308 e. The first kappa shape index (κ1) is 19.7. The summed E-state index contributed by atoms with van der Waals surface area (Å²) in [6, 6.07) is 13.2. The van der Waals surface area contributed by atoms with E-state index in [1.165, 1.54) is 16.9 Å². The zero-order chi connectivity index (χ0) is 19.6. The molecule has 0 spiro atoms. The van der Waals surface area contributed by atoms with Gasteiger partial charge in [0.05, 0.1) is 12.1 Å². The van der Waals surface area contributed by atoms with Crippen LogP contribution >= 0.6 is 34.5 Å². The molecule has 7 heteroatoms. The quantitative estimate of drug-likeness (QED) is 0.470. The molecule has 0 atom stereocenters. The Hall–Kier alpha value is -2.08. The normalized spacial score (nSPS) is 11.0. The van der Waals surface area contributed by atoms with E-state index < -0.39 is 5.97 Å². The van der Waals surface area contributed by atoms with Crippen molar-refractivity contribution in [1.82, 2.24) is 4.98 Å². The van der Waals surface area contributed by atoms with Crippen molar-refractivity contribution < 1.29 is 9.90 Å². The van der Waals surface area contributed by atoms with Crippen LogP contribution in [0.5, 0.6) is 0 Å². The van der Waals surface area contributed by atoms with E-state index in [0.29, 0.717) is 37.4 Å². The molecule has 4 nitrogen and oxygen atoms in total. The van der Waals surface area contributed by atoms with Crippen LogP contribution in [0.3, 0.4) is 0 Å². The van der Waals surface area contributed by atoms with Crippen molar-refractivity contribution in [1.29, 1.82) is 0 Å². The van der Waals surface area contributed by atoms with Gasteiger partial charge in [-0.1, -0.05) is 61.3 Å². The molecule has 0 saturated heterocycles. The van der Waals surface area contributed by atoms with Gasteiger partial charge in [-0.05, 0) is 29.7 Å². The molecule has 1 heterocycles. The number of carboxylic acid groups (broad SMARTS) is 1. The van der Waals surface area contributed by atoms with Gasteiger partial charge in [0.2, 0.25) is 0 Å². The second-order valence-electron chi connectivity index (χ2n) is 6.42. The van der Waals surface area contributed by atoms with Gasteiger partial charge in [-0.2, -0.15) is 0 Å². The number of rotatable bonds is 6. The van der Waals surface area contributed by atoms with Crippen LogP contribution in [0.25, 0.3) is 11.3 Å². The molecule has 3 aromatic rings. The Labute approximate surface area is 171 Å². The number of hydrogen-bond acceptors (Lipinski definition) is 4. The molecule has 0 aliphatic rings. The number of nitrogens with one attached hydrogen (secondary N) is 1. The van der Waals surface area contributed by atoms with E-state index in [1.807, 2.05) is 24.3 Å². The Balaban J connectivity index is 1.96. The topological polar surface area (TPSA) is 62.2 Å². The molecule has 140 valence electrons. The SMILES string of the molecule is CC(C)c1ccc(-c2nc(Nc3cc(Cl)cc(Cl)c3)sc2CC(=O)O)cc1. The molecular weight excluding hydrogens is 403 g/mol. The first-order chi connectivity index (χ1) is 12.8. The summed E-state index contributed by atoms with van der Waals surface area (Å²) in [6.45, 7) is 4.26. The summed E-state index contributed by atoms with van der Waals surface area (Å²) in [5, 5.41) is 14.0. The van der Waals surface area contributed by atoms with Gasteiger partial charge in [0.25, 0.3) is 0 Å². The highest BCUT2D eigenvalue weighted by atomic mass is 35.5. The molecule has 0 radical (unpaired) electrons. The first-order valence-electron chi connectivity index (χ1n) is 8.37. The maximum Gasteiger partial charge on any atom is 0.308 e. The highest BCUT2D eigenvalue weighted by Crippen LogP contribution is 2.34. The van der Waals surface area contributed by atoms with E-state index in [4.69, 9.17) is 23.2 Å². The highest BCUT2D eigenvalue weighted by molar-refractivity contribution is 7.16. The second-order valence-corrected chi connectivity index (χ2v) is 8.38. The molecular formula is C20H18Cl2N2O2S. The van der Waals surface area contributed by atoms with E-state index in [1.54, 1.807) is 18.2 Å². The minimum atomic E-state index is -0.893. The number of aromatic nitrogens is 1. The Morgan fingerprint density at radius 2 is 1.78 bits per heavy atom. The largest absolute Gasteiger partial charge is 0.481 e. The van der Waals surface area contributed by atoms with Crippen LogP contribution in [0, 0.1) is 0 Å². The van der Waals surface area contributed by atoms with Gasteiger partial charge in [0.15, 0.2) is 5.13 Å². The minimum absolute atomic E-state index is 0.0864. The Morgan fingerprint density at radius 3 is 2.33 bits per heavy atom. The van der Waals surface area contributed by atoms with Crippen LogP contribution in [0.4, 0.5) is 10.8 Å². The second kappa shape index (κ2) is 8.30. The standard InChI is InChI=1S/C20H18Cl2N2O2S/c1-11(2)12-3-5-13(6-4-12)19-17(10-18(25)26)27-20(24-19)23-16-8-14(21)7-15(22)9-16/h3-9,11H,10H2,1-2H3,(H,23,24)(H,25,26). The lowest BCUT2D eigenvalue weighted by molar-refractivity contribution is -0.136. The molecule has 1 aromatic heterocycles. The molecule has 0 fully saturated rings. The Morgan fingerprint density at radius 1 is 1.15 bits per heavy atom. The molecule has 0 unspecified atom stereocenters. The van der Waals surface area contributed by atoms with Crippen molar-refractivity contribution in [3.63, 3.8) is 0 Å². The van der Waals surface area contributed by atoms with Crippen LogP contribution in [0.1, 0.15) is 30.2 Å². The number of thiazole rings is 1. The van der Waals surface area contributed by atoms with Crippen molar-refractivity contribution in [3.05, 3.63) is 63.0 Å². The summed E-state index contributed by atoms with van der Waals surface area (Å²) in [5.74, 6) is -0.464. The third-order valence-corrected chi connectivity index (χ3v) is 5.38. The maximum absolute atomic E-state index is 11.3. The van der Waals surface area contributed by atoms with Crippen LogP contribution in [-0.2, 0) is 11.2 Å². The van der Waals surface area contributed by atoms with Crippen molar-refractivity contribution in [3.8, 4) is 11.3 Å². The molecule has 27 heavy (non-hydrogen) atoms. The molecule has 2 N–H and O–H groups in total. The first-order valence-corrected chi connectivity index (χ1v) is 9.94. The molecule has 3 rings (SSSR count). The monoisotopic (exact) mass is 420 g/mol. The van der Waals surface area contributed by atoms with Gasteiger partial charge in [-0.3, -0.25) is 4.79 Å². The van der Waals surface area contributed by atoms with Gasteiger partial charge in [-0.25, -0.2) is 4.98 Å². The number of carbonyl (C=O) groups is 1. The van der Waals surface area contributed by atoms with Gasteiger partial charge >= 0.3 is 5.97 Å². The molecule has 2 aromatic carbocycles. The fourth-order valence-corrected chi connectivity index (χ4v) is 4.18. The third-order valence-electron chi connectivity index (χ3n) is 3.97. The Bertz CT molecular complexity index is 948. The molecule has 0 bridgehead atoms. The molecule has 0 amide bonds. The lowest BCUT2D eigenvalue weighted by Crippen LogP contribution is -1.99. The van der Waals surface area contributed by atoms with E-state index in [9.17, 15) is 9.90 Å². The lowest BCUT2D eigenvalue weighted by atomic mass is 10.0. The molecule has 0 aliphatic carbocycles. The number of anilines is 2. The number of hydrogen-bond donors (Lipinski definition) is 2. The van der Waals surface area contributed by atoms with Crippen molar-refractivity contribution in [2.45, 2.75) is 26.2 Å². The van der Waals surface area contributed by atoms with Gasteiger partial charge < -0.3 is 10.4 Å². The predicted octanol–water partition coefficient (Wildman–Crippen LogP) is 6.61. The van der Waals surface area contributed by atoms with E-state index >= 15 is 0 Å². The van der Waals surface area contributed by atoms with Crippen LogP contribution in [0.15, 0.2) is 42.5 Å². The van der Waals surface area contributed by atoms with E-state index in [0.717, 1.165) is 5.56 Å². The van der Waals surface area contributed by atoms with Gasteiger partial charge in [0, 0.05) is 26.2 Å². The number of aliphatic carboxylic acids is 1. The fraction of sp³-hybridized carbons (Fsp3) is 0.200. The van der Waals surface area contributed by atoms with E-state index in [-0.39, 0.29) is 6.42 Å². The van der Waals surface area contributed by atoms with Gasteiger partial charge in [-0.15, -0.1) is 11.3 Å². The number of nitrogens with zero attached hydrogens (tertiary/aromatic N) is 1. The van der Waals surface area contributed by atoms with Gasteiger partial charge in [0.1, 0.15) is 0 Å². The average molecular weight is 421 g/mol. The zero-order valence-corrected chi connectivity index (χ0v) is 17.1. The van der Waals surface area contributed by atoms with Crippen molar-refractivity contribution in [2.24, 2.45) is 0 Å². The third kappa shape index (κ3) is 5.01. The summed E-state index contributed by atoms with van der Waals surface area (Å²) in [6.07, 6.45) is -0.0864. The average Bonchev–Trinajstić information content (AvgIpc) is 2.95. The number of halogens is 2. The fourth-order valence-electron chi connectivity index (χ4n) is 2.66. The summed E-state index contributed by atoms with van der Waals surface area (Å²) in [7, 11) is 0. The summed E-state index contributed by atoms with van der Waals surface area (Å²) in [4.78, 5) is 16.6. The summed E-state index contributed by atoms with van der Waals surface area (Å²) < 4.78 is 0. The lowest BCUT2D eigenvalue weighted by Gasteiger charge is -2.06. The highest BCUT2D eigenvalue weighted by Gasteiger charge is 2.16.